The van der Waals surface area contributed by atoms with Crippen molar-refractivity contribution >= 4 is 11.4 Å². The van der Waals surface area contributed by atoms with Crippen LogP contribution in [-0.2, 0) is 0 Å². The molecule has 3 N–H and O–H groups in total. The highest BCUT2D eigenvalue weighted by Gasteiger charge is 2.16. The molecule has 0 amide bonds. The first-order chi connectivity index (χ1) is 7.60. The number of benzene rings is 1. The molecule has 6 nitrogen and oxygen atoms in total. The maximum Gasteiger partial charge on any atom is 0.311 e. The number of nitro groups is 1. The zero-order valence-corrected chi connectivity index (χ0v) is 9.32. The third-order valence-electron chi connectivity index (χ3n) is 2.18. The van der Waals surface area contributed by atoms with Crippen molar-refractivity contribution in [1.82, 2.24) is 0 Å². The van der Waals surface area contributed by atoms with Gasteiger partial charge in [0.15, 0.2) is 5.75 Å². The van der Waals surface area contributed by atoms with Gasteiger partial charge >= 0.3 is 5.69 Å². The Morgan fingerprint density at radius 1 is 1.56 bits per heavy atom. The molecule has 0 aliphatic heterocycles. The highest BCUT2D eigenvalue weighted by atomic mass is 16.6. The molecule has 1 aromatic rings. The Morgan fingerprint density at radius 2 is 2.25 bits per heavy atom. The van der Waals surface area contributed by atoms with E-state index in [1.807, 2.05) is 0 Å². The predicted molar refractivity (Wildman–Crippen MR) is 61.9 cm³/mol. The summed E-state index contributed by atoms with van der Waals surface area (Å²) < 4.78 is 4.97. The topological polar surface area (TPSA) is 90.4 Å². The van der Waals surface area contributed by atoms with Gasteiger partial charge in [-0.25, -0.2) is 0 Å². The molecule has 1 aromatic carbocycles. The molecule has 1 rings (SSSR count). The Hall–Kier alpha value is -1.82. The summed E-state index contributed by atoms with van der Waals surface area (Å²) in [7, 11) is 1.41. The summed E-state index contributed by atoms with van der Waals surface area (Å²) in [5.41, 5.74) is 6.94. The standard InChI is InChI=1S/C10H15N3O3/c1-7-5-9(13(14)15)10(16-2)6-8(7)12-4-3-11/h5-6,12H,3-4,11H2,1-2H3. The van der Waals surface area contributed by atoms with Gasteiger partial charge in [-0.2, -0.15) is 0 Å². The highest BCUT2D eigenvalue weighted by Crippen LogP contribution is 2.32. The fourth-order valence-corrected chi connectivity index (χ4v) is 1.38. The largest absolute Gasteiger partial charge is 0.490 e. The monoisotopic (exact) mass is 225 g/mol. The van der Waals surface area contributed by atoms with Crippen molar-refractivity contribution in [2.24, 2.45) is 5.73 Å². The van der Waals surface area contributed by atoms with Gasteiger partial charge in [-0.15, -0.1) is 0 Å². The number of nitro benzene ring substituents is 1. The third kappa shape index (κ3) is 2.60. The Labute approximate surface area is 93.5 Å². The van der Waals surface area contributed by atoms with Gasteiger partial charge in [-0.3, -0.25) is 10.1 Å². The number of ether oxygens (including phenoxy) is 1. The summed E-state index contributed by atoms with van der Waals surface area (Å²) >= 11 is 0. The van der Waals surface area contributed by atoms with E-state index < -0.39 is 4.92 Å². The predicted octanol–water partition coefficient (Wildman–Crippen LogP) is 1.28. The molecular formula is C10H15N3O3. The average molecular weight is 225 g/mol. The van der Waals surface area contributed by atoms with E-state index in [4.69, 9.17) is 10.5 Å². The molecule has 0 saturated heterocycles. The number of nitrogens with zero attached hydrogens (tertiary/aromatic N) is 1. The second-order valence-electron chi connectivity index (χ2n) is 3.31. The molecular weight excluding hydrogens is 210 g/mol. The number of aryl methyl sites for hydroxylation is 1. The number of rotatable bonds is 5. The number of anilines is 1. The molecule has 88 valence electrons. The number of nitrogens with one attached hydrogen (secondary N) is 1. The molecule has 16 heavy (non-hydrogen) atoms. The summed E-state index contributed by atoms with van der Waals surface area (Å²) in [5, 5.41) is 13.8. The van der Waals surface area contributed by atoms with E-state index in [9.17, 15) is 10.1 Å². The molecule has 0 bridgehead atoms. The van der Waals surface area contributed by atoms with E-state index in [2.05, 4.69) is 5.32 Å². The van der Waals surface area contributed by atoms with Crippen molar-refractivity contribution in [3.05, 3.63) is 27.8 Å². The number of hydrogen-bond acceptors (Lipinski definition) is 5. The highest BCUT2D eigenvalue weighted by molar-refractivity contribution is 5.62. The van der Waals surface area contributed by atoms with Crippen LogP contribution in [0.3, 0.4) is 0 Å². The van der Waals surface area contributed by atoms with Crippen LogP contribution < -0.4 is 15.8 Å². The lowest BCUT2D eigenvalue weighted by atomic mass is 10.1. The van der Waals surface area contributed by atoms with Crippen molar-refractivity contribution in [3.8, 4) is 5.75 Å². The fraction of sp³-hybridized carbons (Fsp3) is 0.400. The molecule has 0 spiro atoms. The maximum absolute atomic E-state index is 10.7. The van der Waals surface area contributed by atoms with Crippen LogP contribution in [-0.4, -0.2) is 25.1 Å². The molecule has 0 aromatic heterocycles. The summed E-state index contributed by atoms with van der Waals surface area (Å²) in [6.45, 7) is 2.91. The SMILES string of the molecule is COc1cc(NCCN)c(C)cc1[N+](=O)[O-]. The molecule has 0 fully saturated rings. The molecule has 0 atom stereocenters. The van der Waals surface area contributed by atoms with E-state index in [-0.39, 0.29) is 11.4 Å². The van der Waals surface area contributed by atoms with Gasteiger partial charge in [-0.05, 0) is 12.5 Å². The van der Waals surface area contributed by atoms with Crippen molar-refractivity contribution < 1.29 is 9.66 Å². The first-order valence-electron chi connectivity index (χ1n) is 4.87. The minimum atomic E-state index is -0.460. The van der Waals surface area contributed by atoms with Gasteiger partial charge in [0.05, 0.1) is 12.0 Å². The molecule has 6 heteroatoms. The summed E-state index contributed by atoms with van der Waals surface area (Å²) in [4.78, 5) is 10.3. The van der Waals surface area contributed by atoms with Crippen LogP contribution in [0.25, 0.3) is 0 Å². The molecule has 0 aliphatic rings. The van der Waals surface area contributed by atoms with E-state index >= 15 is 0 Å². The van der Waals surface area contributed by atoms with Gasteiger partial charge in [0.25, 0.3) is 0 Å². The van der Waals surface area contributed by atoms with Crippen LogP contribution in [0.4, 0.5) is 11.4 Å². The minimum absolute atomic E-state index is 0.0294. The Kier molecular flexibility index (Phi) is 4.07. The average Bonchev–Trinajstić information content (AvgIpc) is 2.26. The number of methoxy groups -OCH3 is 1. The van der Waals surface area contributed by atoms with E-state index in [0.717, 1.165) is 11.3 Å². The fourth-order valence-electron chi connectivity index (χ4n) is 1.38. The molecule has 0 aliphatic carbocycles. The summed E-state index contributed by atoms with van der Waals surface area (Å²) in [6.07, 6.45) is 0. The van der Waals surface area contributed by atoms with E-state index in [0.29, 0.717) is 13.1 Å². The van der Waals surface area contributed by atoms with Crippen LogP contribution in [0, 0.1) is 17.0 Å². The lowest BCUT2D eigenvalue weighted by Crippen LogP contribution is -2.13. The third-order valence-corrected chi connectivity index (χ3v) is 2.18. The Bertz CT molecular complexity index is 393. The molecule has 0 unspecified atom stereocenters. The smallest absolute Gasteiger partial charge is 0.311 e. The second kappa shape index (κ2) is 5.32. The zero-order valence-electron chi connectivity index (χ0n) is 9.32. The first kappa shape index (κ1) is 12.3. The lowest BCUT2D eigenvalue weighted by molar-refractivity contribution is -0.385. The molecule has 0 heterocycles. The van der Waals surface area contributed by atoms with Crippen molar-refractivity contribution in [1.29, 1.82) is 0 Å². The maximum atomic E-state index is 10.7. The van der Waals surface area contributed by atoms with Gasteiger partial charge in [0.2, 0.25) is 0 Å². The summed E-state index contributed by atoms with van der Waals surface area (Å²) in [5.74, 6) is 0.245. The lowest BCUT2D eigenvalue weighted by Gasteiger charge is -2.10. The minimum Gasteiger partial charge on any atom is -0.490 e. The van der Waals surface area contributed by atoms with Crippen molar-refractivity contribution in [3.63, 3.8) is 0 Å². The van der Waals surface area contributed by atoms with E-state index in [1.54, 1.807) is 13.0 Å². The van der Waals surface area contributed by atoms with Crippen molar-refractivity contribution in [2.75, 3.05) is 25.5 Å². The first-order valence-corrected chi connectivity index (χ1v) is 4.87. The van der Waals surface area contributed by atoms with Crippen LogP contribution >= 0.6 is 0 Å². The van der Waals surface area contributed by atoms with E-state index in [1.165, 1.54) is 13.2 Å². The molecule has 0 radical (unpaired) electrons. The Morgan fingerprint density at radius 3 is 2.75 bits per heavy atom. The van der Waals surface area contributed by atoms with Crippen LogP contribution in [0.1, 0.15) is 5.56 Å². The van der Waals surface area contributed by atoms with Crippen LogP contribution in [0.5, 0.6) is 5.75 Å². The molecule has 0 saturated carbocycles. The zero-order chi connectivity index (χ0) is 12.1. The van der Waals surface area contributed by atoms with Gasteiger partial charge in [-0.1, -0.05) is 0 Å². The van der Waals surface area contributed by atoms with Gasteiger partial charge in [0, 0.05) is 30.9 Å². The second-order valence-corrected chi connectivity index (χ2v) is 3.31. The quantitative estimate of drug-likeness (QED) is 0.582. The van der Waals surface area contributed by atoms with Crippen LogP contribution in [0.15, 0.2) is 12.1 Å². The normalized spacial score (nSPS) is 9.94. The van der Waals surface area contributed by atoms with Gasteiger partial charge in [0.1, 0.15) is 0 Å². The van der Waals surface area contributed by atoms with Crippen LogP contribution in [0.2, 0.25) is 0 Å². The van der Waals surface area contributed by atoms with Gasteiger partial charge < -0.3 is 15.8 Å². The van der Waals surface area contributed by atoms with Crippen molar-refractivity contribution in [2.45, 2.75) is 6.92 Å². The summed E-state index contributed by atoms with van der Waals surface area (Å²) in [6, 6.07) is 3.10. The number of nitrogens with two attached hydrogens (primary N) is 1. The number of hydrogen-bond donors (Lipinski definition) is 2. The Balaban J connectivity index is 3.10.